The molecule has 0 heterocycles. The third-order valence-corrected chi connectivity index (χ3v) is 0.985. The molecule has 0 saturated heterocycles. The molecular weight excluding hydrogens is 102 g/mol. The second-order valence-corrected chi connectivity index (χ2v) is 1.97. The molecule has 1 aliphatic carbocycles. The van der Waals surface area contributed by atoms with Gasteiger partial charge >= 0.3 is 0 Å². The van der Waals surface area contributed by atoms with Crippen LogP contribution in [-0.4, -0.2) is 11.9 Å². The molecule has 0 aromatic carbocycles. The highest BCUT2D eigenvalue weighted by Crippen LogP contribution is 2.17. The minimum atomic E-state index is 0. The van der Waals surface area contributed by atoms with Crippen LogP contribution in [0.25, 0.3) is 0 Å². The summed E-state index contributed by atoms with van der Waals surface area (Å²) in [6.07, 6.45) is 2.36. The van der Waals surface area contributed by atoms with Crippen LogP contribution >= 0.6 is 0 Å². The van der Waals surface area contributed by atoms with E-state index >= 15 is 0 Å². The molecule has 2 heteroatoms. The molecular formula is C6H13NO. The summed E-state index contributed by atoms with van der Waals surface area (Å²) >= 11 is 0. The summed E-state index contributed by atoms with van der Waals surface area (Å²) < 4.78 is 0. The van der Waals surface area contributed by atoms with Crippen molar-refractivity contribution in [2.75, 3.05) is 0 Å². The Morgan fingerprint density at radius 3 is 2.25 bits per heavy atom. The van der Waals surface area contributed by atoms with Crippen LogP contribution < -0.4 is 5.32 Å². The van der Waals surface area contributed by atoms with Crippen molar-refractivity contribution in [1.29, 1.82) is 0 Å². The van der Waals surface area contributed by atoms with Crippen LogP contribution in [0.5, 0.6) is 0 Å². The first-order valence-corrected chi connectivity index (χ1v) is 2.56. The van der Waals surface area contributed by atoms with Crippen LogP contribution in [0.2, 0.25) is 0 Å². The summed E-state index contributed by atoms with van der Waals surface area (Å²) in [6, 6.07) is 0.525. The zero-order valence-corrected chi connectivity index (χ0v) is 4.40. The summed E-state index contributed by atoms with van der Waals surface area (Å²) in [5.74, 6) is 0.0995. The smallest absolute Gasteiger partial charge is 0.217 e. The molecule has 8 heavy (non-hydrogen) atoms. The molecule has 48 valence electrons. The third-order valence-electron chi connectivity index (χ3n) is 0.985. The predicted octanol–water partition coefficient (Wildman–Crippen LogP) is 0.921. The number of amides is 1. The van der Waals surface area contributed by atoms with Crippen molar-refractivity contribution in [1.82, 2.24) is 5.32 Å². The molecule has 0 aromatic heterocycles. The molecule has 0 aliphatic heterocycles. The third kappa shape index (κ3) is 2.61. The van der Waals surface area contributed by atoms with Crippen LogP contribution in [0, 0.1) is 0 Å². The van der Waals surface area contributed by atoms with Gasteiger partial charge < -0.3 is 5.32 Å². The lowest BCUT2D eigenvalue weighted by Crippen LogP contribution is -2.21. The number of hydrogen-bond acceptors (Lipinski definition) is 1. The van der Waals surface area contributed by atoms with Gasteiger partial charge in [0, 0.05) is 13.0 Å². The van der Waals surface area contributed by atoms with Gasteiger partial charge in [0.2, 0.25) is 5.91 Å². The summed E-state index contributed by atoms with van der Waals surface area (Å²) in [4.78, 5) is 10.2. The second kappa shape index (κ2) is 2.70. The first-order chi connectivity index (χ1) is 3.29. The van der Waals surface area contributed by atoms with Crippen molar-refractivity contribution in [2.45, 2.75) is 33.2 Å². The van der Waals surface area contributed by atoms with E-state index in [-0.39, 0.29) is 13.3 Å². The van der Waals surface area contributed by atoms with E-state index < -0.39 is 0 Å². The Morgan fingerprint density at radius 2 is 2.12 bits per heavy atom. The molecule has 1 fully saturated rings. The Bertz CT molecular complexity index is 86.5. The zero-order chi connectivity index (χ0) is 5.28. The molecule has 2 nitrogen and oxygen atoms in total. The van der Waals surface area contributed by atoms with Gasteiger partial charge in [-0.2, -0.15) is 0 Å². The van der Waals surface area contributed by atoms with Gasteiger partial charge in [-0.05, 0) is 12.8 Å². The fourth-order valence-electron chi connectivity index (χ4n) is 0.515. The molecule has 1 aliphatic rings. The van der Waals surface area contributed by atoms with E-state index in [1.54, 1.807) is 6.92 Å². The predicted molar refractivity (Wildman–Crippen MR) is 33.6 cm³/mol. The topological polar surface area (TPSA) is 29.1 Å². The summed E-state index contributed by atoms with van der Waals surface area (Å²) in [6.45, 7) is 1.55. The average Bonchev–Trinajstić information content (AvgIpc) is 2.17. The van der Waals surface area contributed by atoms with Crippen molar-refractivity contribution in [3.63, 3.8) is 0 Å². The number of carbonyl (C=O) groups excluding carboxylic acids is 1. The van der Waals surface area contributed by atoms with E-state index in [2.05, 4.69) is 5.32 Å². The van der Waals surface area contributed by atoms with Crippen LogP contribution in [0.1, 0.15) is 27.2 Å². The van der Waals surface area contributed by atoms with Gasteiger partial charge in [0.15, 0.2) is 0 Å². The Kier molecular flexibility index (Phi) is 2.52. The quantitative estimate of drug-likeness (QED) is 0.541. The van der Waals surface area contributed by atoms with Gasteiger partial charge in [-0.1, -0.05) is 7.43 Å². The molecule has 0 atom stereocenters. The maximum Gasteiger partial charge on any atom is 0.217 e. The molecule has 0 bridgehead atoms. The standard InChI is InChI=1S/C5H9NO.CH4/c1-4(7)6-5-2-3-5;/h5H,2-3H2,1H3,(H,6,7);1H4. The molecule has 1 amide bonds. The molecule has 1 rings (SSSR count). The van der Waals surface area contributed by atoms with E-state index in [1.165, 1.54) is 12.8 Å². The maximum absolute atomic E-state index is 10.2. The van der Waals surface area contributed by atoms with E-state index in [0.717, 1.165) is 0 Å². The van der Waals surface area contributed by atoms with E-state index in [9.17, 15) is 4.79 Å². The Hall–Kier alpha value is -0.530. The number of rotatable bonds is 1. The van der Waals surface area contributed by atoms with Crippen LogP contribution in [0.4, 0.5) is 0 Å². The summed E-state index contributed by atoms with van der Waals surface area (Å²) in [5, 5.41) is 2.78. The van der Waals surface area contributed by atoms with Crippen molar-refractivity contribution in [2.24, 2.45) is 0 Å². The van der Waals surface area contributed by atoms with Gasteiger partial charge in [0.1, 0.15) is 0 Å². The van der Waals surface area contributed by atoms with Crippen molar-refractivity contribution in [3.8, 4) is 0 Å². The normalized spacial score (nSPS) is 16.6. The highest BCUT2D eigenvalue weighted by atomic mass is 16.1. The summed E-state index contributed by atoms with van der Waals surface area (Å²) in [7, 11) is 0. The Labute approximate surface area is 50.3 Å². The maximum atomic E-state index is 10.2. The van der Waals surface area contributed by atoms with Gasteiger partial charge in [-0.15, -0.1) is 0 Å². The minimum Gasteiger partial charge on any atom is -0.354 e. The van der Waals surface area contributed by atoms with Crippen molar-refractivity contribution < 1.29 is 4.79 Å². The van der Waals surface area contributed by atoms with Crippen LogP contribution in [-0.2, 0) is 4.79 Å². The molecule has 0 spiro atoms. The first-order valence-electron chi connectivity index (χ1n) is 2.56. The number of hydrogen-bond donors (Lipinski definition) is 1. The average molecular weight is 115 g/mol. The van der Waals surface area contributed by atoms with Crippen molar-refractivity contribution in [3.05, 3.63) is 0 Å². The fraction of sp³-hybridized carbons (Fsp3) is 0.833. The van der Waals surface area contributed by atoms with Crippen LogP contribution in [0.15, 0.2) is 0 Å². The monoisotopic (exact) mass is 115 g/mol. The van der Waals surface area contributed by atoms with Crippen LogP contribution in [0.3, 0.4) is 0 Å². The zero-order valence-electron chi connectivity index (χ0n) is 4.40. The molecule has 1 N–H and O–H groups in total. The SMILES string of the molecule is C.CC(=O)NC1CC1. The Balaban J connectivity index is 0.000000490. The van der Waals surface area contributed by atoms with Gasteiger partial charge in [-0.25, -0.2) is 0 Å². The highest BCUT2D eigenvalue weighted by Gasteiger charge is 2.21. The number of carbonyl (C=O) groups is 1. The van der Waals surface area contributed by atoms with Crippen molar-refractivity contribution >= 4 is 5.91 Å². The Morgan fingerprint density at radius 1 is 1.62 bits per heavy atom. The lowest BCUT2D eigenvalue weighted by Gasteiger charge is -1.91. The number of nitrogens with one attached hydrogen (secondary N) is 1. The largest absolute Gasteiger partial charge is 0.354 e. The second-order valence-electron chi connectivity index (χ2n) is 1.97. The minimum absolute atomic E-state index is 0. The first kappa shape index (κ1) is 7.47. The lowest BCUT2D eigenvalue weighted by atomic mass is 10.6. The molecule has 0 radical (unpaired) electrons. The van der Waals surface area contributed by atoms with E-state index in [1.807, 2.05) is 0 Å². The van der Waals surface area contributed by atoms with Gasteiger partial charge in [0.25, 0.3) is 0 Å². The summed E-state index contributed by atoms with van der Waals surface area (Å²) in [5.41, 5.74) is 0. The molecule has 0 unspecified atom stereocenters. The van der Waals surface area contributed by atoms with E-state index in [0.29, 0.717) is 6.04 Å². The highest BCUT2D eigenvalue weighted by molar-refractivity contribution is 5.73. The van der Waals surface area contributed by atoms with Gasteiger partial charge in [-0.3, -0.25) is 4.79 Å². The van der Waals surface area contributed by atoms with E-state index in [4.69, 9.17) is 0 Å². The molecule has 0 aromatic rings. The molecule has 1 saturated carbocycles. The fourth-order valence-corrected chi connectivity index (χ4v) is 0.515. The van der Waals surface area contributed by atoms with Gasteiger partial charge in [0.05, 0.1) is 0 Å². The lowest BCUT2D eigenvalue weighted by molar-refractivity contribution is -0.119.